The van der Waals surface area contributed by atoms with Crippen LogP contribution in [0.25, 0.3) is 0 Å². The second-order valence-corrected chi connectivity index (χ2v) is 4.17. The summed E-state index contributed by atoms with van der Waals surface area (Å²) in [5.74, 6) is 0.156. The summed E-state index contributed by atoms with van der Waals surface area (Å²) in [5, 5.41) is 0. The molecule has 0 radical (unpaired) electrons. The first-order chi connectivity index (χ1) is 5.65. The number of hydrogen-bond acceptors (Lipinski definition) is 1. The van der Waals surface area contributed by atoms with Gasteiger partial charge in [0, 0.05) is 20.9 Å². The monoisotopic (exact) mass is 290 g/mol. The average Bonchev–Trinajstić information content (AvgIpc) is 2.08. The minimum absolute atomic E-state index is 0.156. The molecule has 1 aromatic rings. The molecule has 3 heteroatoms. The van der Waals surface area contributed by atoms with Crippen LogP contribution >= 0.6 is 31.9 Å². The molecule has 0 aromatic heterocycles. The van der Waals surface area contributed by atoms with Gasteiger partial charge in [0.15, 0.2) is 5.78 Å². The SMILES string of the molecule is CCC(=O)c1cc(Br)ccc1Br. The molecule has 0 bridgehead atoms. The number of Topliss-reactive ketones (excluding diaryl/α,β-unsaturated/α-hetero) is 1. The Hall–Kier alpha value is -0.150. The summed E-state index contributed by atoms with van der Waals surface area (Å²) in [6, 6.07) is 5.60. The van der Waals surface area contributed by atoms with Crippen LogP contribution < -0.4 is 0 Å². The number of carbonyl (C=O) groups is 1. The lowest BCUT2D eigenvalue weighted by Gasteiger charge is -2.01. The van der Waals surface area contributed by atoms with Gasteiger partial charge in [0.1, 0.15) is 0 Å². The predicted octanol–water partition coefficient (Wildman–Crippen LogP) is 3.80. The van der Waals surface area contributed by atoms with Gasteiger partial charge in [-0.05, 0) is 18.2 Å². The van der Waals surface area contributed by atoms with E-state index in [-0.39, 0.29) is 5.78 Å². The molecule has 1 rings (SSSR count). The number of halogens is 2. The first-order valence-corrected chi connectivity index (χ1v) is 5.22. The molecule has 0 aliphatic carbocycles. The Morgan fingerprint density at radius 1 is 1.42 bits per heavy atom. The number of rotatable bonds is 2. The van der Waals surface area contributed by atoms with Gasteiger partial charge in [-0.2, -0.15) is 0 Å². The van der Waals surface area contributed by atoms with Crippen LogP contribution in [0.4, 0.5) is 0 Å². The first-order valence-electron chi connectivity index (χ1n) is 3.63. The van der Waals surface area contributed by atoms with E-state index in [1.54, 1.807) is 0 Å². The van der Waals surface area contributed by atoms with E-state index in [0.717, 1.165) is 14.5 Å². The zero-order valence-electron chi connectivity index (χ0n) is 6.60. The van der Waals surface area contributed by atoms with E-state index in [4.69, 9.17) is 0 Å². The van der Waals surface area contributed by atoms with Gasteiger partial charge in [-0.15, -0.1) is 0 Å². The molecule has 1 nitrogen and oxygen atoms in total. The lowest BCUT2D eigenvalue weighted by atomic mass is 10.1. The molecule has 0 saturated carbocycles. The molecule has 0 aliphatic heterocycles. The molecule has 0 heterocycles. The van der Waals surface area contributed by atoms with Crippen LogP contribution in [0.3, 0.4) is 0 Å². The molecular weight excluding hydrogens is 284 g/mol. The fourth-order valence-electron chi connectivity index (χ4n) is 0.902. The summed E-state index contributed by atoms with van der Waals surface area (Å²) in [5.41, 5.74) is 0.742. The second-order valence-electron chi connectivity index (χ2n) is 2.40. The largest absolute Gasteiger partial charge is 0.294 e. The molecule has 0 spiro atoms. The van der Waals surface area contributed by atoms with Crippen molar-refractivity contribution in [3.63, 3.8) is 0 Å². The quantitative estimate of drug-likeness (QED) is 0.758. The minimum Gasteiger partial charge on any atom is -0.294 e. The maximum Gasteiger partial charge on any atom is 0.163 e. The fraction of sp³-hybridized carbons (Fsp3) is 0.222. The van der Waals surface area contributed by atoms with Crippen LogP contribution in [0.15, 0.2) is 27.1 Å². The van der Waals surface area contributed by atoms with Crippen LogP contribution in [0.2, 0.25) is 0 Å². The molecule has 1 aromatic carbocycles. The molecule has 0 aliphatic rings. The van der Waals surface area contributed by atoms with Gasteiger partial charge in [-0.1, -0.05) is 38.8 Å². The Bertz CT molecular complexity index is 307. The van der Waals surface area contributed by atoms with Crippen LogP contribution in [-0.4, -0.2) is 5.78 Å². The van der Waals surface area contributed by atoms with E-state index in [2.05, 4.69) is 31.9 Å². The summed E-state index contributed by atoms with van der Waals surface area (Å²) in [7, 11) is 0. The smallest absolute Gasteiger partial charge is 0.163 e. The standard InChI is InChI=1S/C9H8Br2O/c1-2-9(12)7-5-6(10)3-4-8(7)11/h3-5H,2H2,1H3. The van der Waals surface area contributed by atoms with Gasteiger partial charge < -0.3 is 0 Å². The van der Waals surface area contributed by atoms with Gasteiger partial charge in [-0.25, -0.2) is 0 Å². The van der Waals surface area contributed by atoms with E-state index in [1.807, 2.05) is 25.1 Å². The van der Waals surface area contributed by atoms with Crippen molar-refractivity contribution in [3.8, 4) is 0 Å². The third kappa shape index (κ3) is 2.17. The lowest BCUT2D eigenvalue weighted by molar-refractivity contribution is 0.0987. The van der Waals surface area contributed by atoms with Crippen LogP contribution in [0.1, 0.15) is 23.7 Å². The van der Waals surface area contributed by atoms with Crippen molar-refractivity contribution in [3.05, 3.63) is 32.7 Å². The molecule has 64 valence electrons. The van der Waals surface area contributed by atoms with Gasteiger partial charge in [-0.3, -0.25) is 4.79 Å². The highest BCUT2D eigenvalue weighted by molar-refractivity contribution is 9.11. The van der Waals surface area contributed by atoms with Crippen molar-refractivity contribution in [2.24, 2.45) is 0 Å². The number of ketones is 1. The van der Waals surface area contributed by atoms with Crippen molar-refractivity contribution in [2.45, 2.75) is 13.3 Å². The van der Waals surface area contributed by atoms with Crippen molar-refractivity contribution in [2.75, 3.05) is 0 Å². The highest BCUT2D eigenvalue weighted by Gasteiger charge is 2.07. The first kappa shape index (κ1) is 9.93. The molecule has 0 atom stereocenters. The van der Waals surface area contributed by atoms with E-state index in [9.17, 15) is 4.79 Å². The molecule has 0 amide bonds. The van der Waals surface area contributed by atoms with E-state index < -0.39 is 0 Å². The third-order valence-electron chi connectivity index (χ3n) is 1.55. The average molecular weight is 292 g/mol. The molecule has 0 fully saturated rings. The summed E-state index contributed by atoms with van der Waals surface area (Å²) in [6.07, 6.45) is 0.537. The molecule has 0 saturated heterocycles. The Morgan fingerprint density at radius 3 is 2.67 bits per heavy atom. The van der Waals surface area contributed by atoms with Gasteiger partial charge in [0.05, 0.1) is 0 Å². The summed E-state index contributed by atoms with van der Waals surface area (Å²) in [4.78, 5) is 11.3. The highest BCUT2D eigenvalue weighted by atomic mass is 79.9. The van der Waals surface area contributed by atoms with Crippen LogP contribution in [-0.2, 0) is 0 Å². The Labute approximate surface area is 88.4 Å². The molecule has 0 unspecified atom stereocenters. The zero-order chi connectivity index (χ0) is 9.14. The van der Waals surface area contributed by atoms with Crippen molar-refractivity contribution in [1.82, 2.24) is 0 Å². The van der Waals surface area contributed by atoms with Crippen LogP contribution in [0, 0.1) is 0 Å². The zero-order valence-corrected chi connectivity index (χ0v) is 9.78. The van der Waals surface area contributed by atoms with Crippen LogP contribution in [0.5, 0.6) is 0 Å². The van der Waals surface area contributed by atoms with Crippen molar-refractivity contribution < 1.29 is 4.79 Å². The number of benzene rings is 1. The topological polar surface area (TPSA) is 17.1 Å². The molecule has 12 heavy (non-hydrogen) atoms. The Morgan fingerprint density at radius 2 is 2.08 bits per heavy atom. The Kier molecular flexibility index (Phi) is 3.47. The minimum atomic E-state index is 0.156. The van der Waals surface area contributed by atoms with E-state index in [0.29, 0.717) is 6.42 Å². The van der Waals surface area contributed by atoms with Gasteiger partial charge in [0.2, 0.25) is 0 Å². The third-order valence-corrected chi connectivity index (χ3v) is 2.73. The molecular formula is C9H8Br2O. The second kappa shape index (κ2) is 4.19. The summed E-state index contributed by atoms with van der Waals surface area (Å²) >= 11 is 6.65. The maximum atomic E-state index is 11.3. The van der Waals surface area contributed by atoms with Gasteiger partial charge >= 0.3 is 0 Å². The normalized spacial score (nSPS) is 9.92. The van der Waals surface area contributed by atoms with E-state index in [1.165, 1.54) is 0 Å². The fourth-order valence-corrected chi connectivity index (χ4v) is 1.73. The highest BCUT2D eigenvalue weighted by Crippen LogP contribution is 2.22. The van der Waals surface area contributed by atoms with E-state index >= 15 is 0 Å². The van der Waals surface area contributed by atoms with Gasteiger partial charge in [0.25, 0.3) is 0 Å². The number of carbonyl (C=O) groups excluding carboxylic acids is 1. The van der Waals surface area contributed by atoms with Crippen molar-refractivity contribution >= 4 is 37.6 Å². The Balaban J connectivity index is 3.13. The molecule has 0 N–H and O–H groups in total. The summed E-state index contributed by atoms with van der Waals surface area (Å²) in [6.45, 7) is 1.86. The maximum absolute atomic E-state index is 11.3. The number of hydrogen-bond donors (Lipinski definition) is 0. The lowest BCUT2D eigenvalue weighted by Crippen LogP contribution is -1.97. The predicted molar refractivity (Wildman–Crippen MR) is 56.5 cm³/mol. The summed E-state index contributed by atoms with van der Waals surface area (Å²) < 4.78 is 1.79. The van der Waals surface area contributed by atoms with Crippen molar-refractivity contribution in [1.29, 1.82) is 0 Å².